The Hall–Kier alpha value is -3.09. The first kappa shape index (κ1) is 16.4. The molecule has 0 radical (unpaired) electrons. The summed E-state index contributed by atoms with van der Waals surface area (Å²) in [6.07, 6.45) is 0.142. The molecule has 26 heavy (non-hydrogen) atoms. The minimum Gasteiger partial charge on any atom is -0.387 e. The molecular formula is C14H16N8O4. The molecule has 1 fully saturated rings. The van der Waals surface area contributed by atoms with Crippen molar-refractivity contribution in [3.05, 3.63) is 35.4 Å². The predicted octanol–water partition coefficient (Wildman–Crippen LogP) is -1.78. The summed E-state index contributed by atoms with van der Waals surface area (Å²) < 4.78 is 7.27. The molecule has 0 spiro atoms. The van der Waals surface area contributed by atoms with Gasteiger partial charge in [-0.3, -0.25) is 4.57 Å². The molecule has 6 N–H and O–H groups in total. The summed E-state index contributed by atoms with van der Waals surface area (Å²) in [5, 5.41) is 23.6. The van der Waals surface area contributed by atoms with Crippen LogP contribution in [0.2, 0.25) is 0 Å². The number of fused-ring (bicyclic) bond motifs is 1. The van der Waals surface area contributed by atoms with Crippen LogP contribution in [0.5, 0.6) is 0 Å². The van der Waals surface area contributed by atoms with E-state index >= 15 is 0 Å². The van der Waals surface area contributed by atoms with Gasteiger partial charge in [0.2, 0.25) is 0 Å². The summed E-state index contributed by atoms with van der Waals surface area (Å²) in [5.41, 5.74) is 6.03. The fourth-order valence-corrected chi connectivity index (χ4v) is 2.86. The van der Waals surface area contributed by atoms with E-state index in [2.05, 4.69) is 30.2 Å². The fourth-order valence-electron chi connectivity index (χ4n) is 2.86. The molecule has 0 aromatic carbocycles. The Balaban J connectivity index is 1.54. The number of nitrogens with zero attached hydrogens (tertiary/aromatic N) is 5. The number of nitrogen functional groups attached to an aromatic ring is 1. The molecule has 4 atom stereocenters. The molecule has 12 heteroatoms. The second-order valence-corrected chi connectivity index (χ2v) is 5.79. The van der Waals surface area contributed by atoms with Gasteiger partial charge in [-0.25, -0.2) is 19.7 Å². The first-order valence-corrected chi connectivity index (χ1v) is 7.79. The smallest absolute Gasteiger partial charge is 0.346 e. The molecule has 1 saturated heterocycles. The van der Waals surface area contributed by atoms with Gasteiger partial charge in [0, 0.05) is 12.7 Å². The third-order valence-electron chi connectivity index (χ3n) is 4.15. The van der Waals surface area contributed by atoms with Gasteiger partial charge in [0.05, 0.1) is 6.33 Å². The van der Waals surface area contributed by atoms with Crippen LogP contribution in [0.25, 0.3) is 11.2 Å². The zero-order valence-corrected chi connectivity index (χ0v) is 13.4. The van der Waals surface area contributed by atoms with E-state index in [4.69, 9.17) is 10.5 Å². The molecule has 0 bridgehead atoms. The monoisotopic (exact) mass is 360 g/mol. The van der Waals surface area contributed by atoms with E-state index in [0.29, 0.717) is 17.0 Å². The highest BCUT2D eigenvalue weighted by Gasteiger charge is 2.44. The lowest BCUT2D eigenvalue weighted by Gasteiger charge is -2.16. The normalized spacial score (nSPS) is 25.6. The van der Waals surface area contributed by atoms with Crippen LogP contribution in [0.4, 0.5) is 11.6 Å². The van der Waals surface area contributed by atoms with Crippen LogP contribution in [0.15, 0.2) is 29.7 Å². The van der Waals surface area contributed by atoms with E-state index in [1.807, 2.05) is 0 Å². The largest absolute Gasteiger partial charge is 0.387 e. The highest BCUT2D eigenvalue weighted by molar-refractivity contribution is 5.81. The number of aromatic nitrogens is 6. The standard InChI is InChI=1S/C14H16N8O4/c15-11-8-12(19-4-18-11)22(5-20-8)13-10(24)9(23)6(26-13)3-17-7-1-2-16-14(25)21-7/h1-2,4-6,9-10,13,23-24H,3H2,(H2,15,18,19)(H2,16,17,21,25)/t6-,9-,10-,13-/m1/s1. The van der Waals surface area contributed by atoms with E-state index in [1.54, 1.807) is 6.07 Å². The summed E-state index contributed by atoms with van der Waals surface area (Å²) in [6.45, 7) is 0.134. The lowest BCUT2D eigenvalue weighted by atomic mass is 10.1. The van der Waals surface area contributed by atoms with Crippen LogP contribution in [0.3, 0.4) is 0 Å². The molecule has 1 aliphatic rings. The van der Waals surface area contributed by atoms with Gasteiger partial charge < -0.3 is 31.0 Å². The van der Waals surface area contributed by atoms with E-state index in [1.165, 1.54) is 23.4 Å². The molecule has 136 valence electrons. The second kappa shape index (κ2) is 6.33. The lowest BCUT2D eigenvalue weighted by Crippen LogP contribution is -2.35. The first-order valence-electron chi connectivity index (χ1n) is 7.79. The van der Waals surface area contributed by atoms with Gasteiger partial charge in [-0.15, -0.1) is 0 Å². The summed E-state index contributed by atoms with van der Waals surface area (Å²) in [4.78, 5) is 29.4. The third-order valence-corrected chi connectivity index (χ3v) is 4.15. The van der Waals surface area contributed by atoms with Gasteiger partial charge in [-0.2, -0.15) is 4.98 Å². The van der Waals surface area contributed by atoms with E-state index in [9.17, 15) is 15.0 Å². The average molecular weight is 360 g/mol. The van der Waals surface area contributed by atoms with E-state index < -0.39 is 30.2 Å². The molecule has 0 aliphatic carbocycles. The van der Waals surface area contributed by atoms with Gasteiger partial charge in [-0.1, -0.05) is 0 Å². The highest BCUT2D eigenvalue weighted by Crippen LogP contribution is 2.31. The Kier molecular flexibility index (Phi) is 3.99. The number of rotatable bonds is 4. The molecule has 0 saturated carbocycles. The van der Waals surface area contributed by atoms with Crippen molar-refractivity contribution in [2.75, 3.05) is 17.6 Å². The Morgan fingerprint density at radius 2 is 2.15 bits per heavy atom. The Labute approximate surface area is 145 Å². The number of aliphatic hydroxyl groups is 2. The SMILES string of the molecule is Nc1ncnc2c1ncn2[C@@H]1O[C@H](CNc2cc[nH]c(=O)n2)[C@@H](O)[C@H]1O. The highest BCUT2D eigenvalue weighted by atomic mass is 16.6. The van der Waals surface area contributed by atoms with Crippen LogP contribution in [0, 0.1) is 0 Å². The number of H-pyrrole nitrogens is 1. The zero-order valence-electron chi connectivity index (χ0n) is 13.4. The molecule has 1 aliphatic heterocycles. The van der Waals surface area contributed by atoms with Gasteiger partial charge in [0.1, 0.15) is 36.0 Å². The number of nitrogens with two attached hydrogens (primary N) is 1. The summed E-state index contributed by atoms with van der Waals surface area (Å²) in [6, 6.07) is 1.57. The zero-order chi connectivity index (χ0) is 18.3. The number of anilines is 2. The van der Waals surface area contributed by atoms with Crippen LogP contribution < -0.4 is 16.7 Å². The van der Waals surface area contributed by atoms with Crippen molar-refractivity contribution in [3.8, 4) is 0 Å². The summed E-state index contributed by atoms with van der Waals surface area (Å²) >= 11 is 0. The van der Waals surface area contributed by atoms with Gasteiger partial charge in [0.15, 0.2) is 17.7 Å². The first-order chi connectivity index (χ1) is 12.5. The number of aromatic amines is 1. The van der Waals surface area contributed by atoms with Crippen LogP contribution in [-0.2, 0) is 4.74 Å². The van der Waals surface area contributed by atoms with Gasteiger partial charge >= 0.3 is 5.69 Å². The summed E-state index contributed by atoms with van der Waals surface area (Å²) in [5.74, 6) is 0.538. The average Bonchev–Trinajstić information content (AvgIpc) is 3.17. The molecule has 3 aromatic rings. The van der Waals surface area contributed by atoms with Gasteiger partial charge in [0.25, 0.3) is 0 Å². The number of aliphatic hydroxyl groups excluding tert-OH is 2. The number of nitrogens with one attached hydrogen (secondary N) is 2. The molecule has 0 amide bonds. The molecule has 0 unspecified atom stereocenters. The molecule has 4 heterocycles. The number of ether oxygens (including phenoxy) is 1. The Morgan fingerprint density at radius 1 is 1.31 bits per heavy atom. The number of hydrogen-bond donors (Lipinski definition) is 5. The fraction of sp³-hybridized carbons (Fsp3) is 0.357. The topological polar surface area (TPSA) is 177 Å². The van der Waals surface area contributed by atoms with Crippen molar-refractivity contribution in [1.29, 1.82) is 0 Å². The van der Waals surface area contributed by atoms with Crippen molar-refractivity contribution in [3.63, 3.8) is 0 Å². The minimum absolute atomic E-state index is 0.134. The van der Waals surface area contributed by atoms with Gasteiger partial charge in [-0.05, 0) is 6.07 Å². The number of hydrogen-bond acceptors (Lipinski definition) is 10. The minimum atomic E-state index is -1.21. The van der Waals surface area contributed by atoms with E-state index in [-0.39, 0.29) is 12.4 Å². The van der Waals surface area contributed by atoms with Crippen molar-refractivity contribution >= 4 is 22.8 Å². The maximum absolute atomic E-state index is 11.2. The van der Waals surface area contributed by atoms with Crippen LogP contribution in [0.1, 0.15) is 6.23 Å². The maximum atomic E-state index is 11.2. The lowest BCUT2D eigenvalue weighted by molar-refractivity contribution is -0.0312. The second-order valence-electron chi connectivity index (χ2n) is 5.79. The molecular weight excluding hydrogens is 344 g/mol. The number of imidazole rings is 1. The third kappa shape index (κ3) is 2.75. The Morgan fingerprint density at radius 3 is 2.96 bits per heavy atom. The predicted molar refractivity (Wildman–Crippen MR) is 89.0 cm³/mol. The maximum Gasteiger partial charge on any atom is 0.346 e. The van der Waals surface area contributed by atoms with Crippen LogP contribution >= 0.6 is 0 Å². The van der Waals surface area contributed by atoms with Crippen molar-refractivity contribution < 1.29 is 14.9 Å². The molecule has 12 nitrogen and oxygen atoms in total. The van der Waals surface area contributed by atoms with Crippen molar-refractivity contribution in [2.45, 2.75) is 24.5 Å². The van der Waals surface area contributed by atoms with Crippen molar-refractivity contribution in [2.24, 2.45) is 0 Å². The molecule has 3 aromatic heterocycles. The van der Waals surface area contributed by atoms with E-state index in [0.717, 1.165) is 0 Å². The molecule has 4 rings (SSSR count). The van der Waals surface area contributed by atoms with Crippen LogP contribution in [-0.4, -0.2) is 64.6 Å². The Bertz CT molecular complexity index is 988. The van der Waals surface area contributed by atoms with Crippen molar-refractivity contribution in [1.82, 2.24) is 29.5 Å². The summed E-state index contributed by atoms with van der Waals surface area (Å²) in [7, 11) is 0. The quantitative estimate of drug-likeness (QED) is 0.357.